The highest BCUT2D eigenvalue weighted by Gasteiger charge is 2.27. The molecule has 1 N–H and O–H groups in total. The number of carbonyl (C=O) groups is 1. The van der Waals surface area contributed by atoms with Crippen LogP contribution in [0.15, 0.2) is 66.3 Å². The third kappa shape index (κ3) is 20.0. The third-order valence-corrected chi connectivity index (χ3v) is 6.11. The molecule has 44 heavy (non-hydrogen) atoms. The molecule has 0 spiro atoms. The molecule has 0 radical (unpaired) electrons. The summed E-state index contributed by atoms with van der Waals surface area (Å²) in [4.78, 5) is 9.75. The molecule has 2 rings (SSSR count). The number of methoxy groups -OCH3 is 2. The molecule has 0 heterocycles. The molecule has 0 saturated carbocycles. The van der Waals surface area contributed by atoms with E-state index in [-0.39, 0.29) is 5.41 Å². The van der Waals surface area contributed by atoms with Gasteiger partial charge in [0.1, 0.15) is 18.1 Å². The zero-order chi connectivity index (χ0) is 34.1. The largest absolute Gasteiger partial charge is 0.496 e. The van der Waals surface area contributed by atoms with E-state index in [1.54, 1.807) is 14.2 Å². The average molecular weight is 615 g/mol. The van der Waals surface area contributed by atoms with E-state index in [4.69, 9.17) is 9.47 Å². The van der Waals surface area contributed by atoms with Crippen LogP contribution in [0.2, 0.25) is 0 Å². The van der Waals surface area contributed by atoms with Crippen LogP contribution in [0.3, 0.4) is 0 Å². The van der Waals surface area contributed by atoms with Gasteiger partial charge in [-0.2, -0.15) is 0 Å². The molecule has 0 aliphatic carbocycles. The van der Waals surface area contributed by atoms with Crippen molar-refractivity contribution in [2.24, 2.45) is 11.8 Å². The van der Waals surface area contributed by atoms with Gasteiger partial charge in [-0.1, -0.05) is 95.7 Å². The van der Waals surface area contributed by atoms with Crippen LogP contribution in [0.4, 0.5) is 0 Å². The Labute approximate surface area is 269 Å². The first-order valence-electron chi connectivity index (χ1n) is 15.6. The third-order valence-electron chi connectivity index (χ3n) is 6.11. The van der Waals surface area contributed by atoms with Crippen LogP contribution in [0.1, 0.15) is 98.5 Å². The van der Waals surface area contributed by atoms with Crippen molar-refractivity contribution in [2.45, 2.75) is 94.1 Å². The van der Waals surface area contributed by atoms with Crippen molar-refractivity contribution in [1.82, 2.24) is 0 Å². The van der Waals surface area contributed by atoms with Gasteiger partial charge in [0.2, 0.25) is 0 Å². The normalized spacial score (nSPS) is 11.9. The quantitative estimate of drug-likeness (QED) is 0.179. The van der Waals surface area contributed by atoms with E-state index < -0.39 is 6.10 Å². The van der Waals surface area contributed by atoms with Crippen LogP contribution in [0.5, 0.6) is 11.5 Å². The van der Waals surface area contributed by atoms with Crippen molar-refractivity contribution in [3.8, 4) is 11.5 Å². The van der Waals surface area contributed by atoms with Crippen molar-refractivity contribution in [3.05, 3.63) is 83.0 Å². The minimum Gasteiger partial charge on any atom is -0.496 e. The number of aliphatic hydroxyl groups is 1. The smallest absolute Gasteiger partial charge is 0.293 e. The first-order valence-corrected chi connectivity index (χ1v) is 15.6. The SMILES string of the molecule is C/C=C\COc1ccc(C(O)CC(C)(C)c2ccccc2)c(OC)c1C.CC(C)=CC(C)COC=O.CC(C)C.CCOC. The molecule has 2 aromatic carbocycles. The number of hydrogen-bond donors (Lipinski definition) is 1. The molecule has 6 nitrogen and oxygen atoms in total. The van der Waals surface area contributed by atoms with Crippen molar-refractivity contribution in [3.63, 3.8) is 0 Å². The first kappa shape index (κ1) is 43.0. The van der Waals surface area contributed by atoms with Gasteiger partial charge < -0.3 is 24.1 Å². The number of rotatable bonds is 13. The van der Waals surface area contributed by atoms with E-state index >= 15 is 0 Å². The monoisotopic (exact) mass is 614 g/mol. The van der Waals surface area contributed by atoms with E-state index in [1.165, 1.54) is 11.1 Å². The van der Waals surface area contributed by atoms with Crippen molar-refractivity contribution < 1.29 is 28.8 Å². The Morgan fingerprint density at radius 2 is 1.57 bits per heavy atom. The second kappa shape index (κ2) is 25.3. The van der Waals surface area contributed by atoms with Gasteiger partial charge in [-0.25, -0.2) is 0 Å². The zero-order valence-electron chi connectivity index (χ0n) is 29.9. The maximum Gasteiger partial charge on any atom is 0.293 e. The Morgan fingerprint density at radius 1 is 1.00 bits per heavy atom. The van der Waals surface area contributed by atoms with Gasteiger partial charge in [-0.3, -0.25) is 4.79 Å². The molecule has 0 bridgehead atoms. The van der Waals surface area contributed by atoms with Gasteiger partial charge in [-0.05, 0) is 70.1 Å². The van der Waals surface area contributed by atoms with Gasteiger partial charge >= 0.3 is 0 Å². The summed E-state index contributed by atoms with van der Waals surface area (Å²) in [5, 5.41) is 10.9. The Morgan fingerprint density at radius 3 is 2.02 bits per heavy atom. The van der Waals surface area contributed by atoms with Crippen LogP contribution in [0, 0.1) is 18.8 Å². The highest BCUT2D eigenvalue weighted by molar-refractivity contribution is 5.50. The Balaban J connectivity index is 0. The second-order valence-electron chi connectivity index (χ2n) is 12.1. The number of aliphatic hydroxyl groups excluding tert-OH is 1. The molecule has 0 aliphatic heterocycles. The number of benzene rings is 2. The van der Waals surface area contributed by atoms with Crippen molar-refractivity contribution >= 4 is 6.47 Å². The van der Waals surface area contributed by atoms with Gasteiger partial charge in [0.05, 0.1) is 19.8 Å². The summed E-state index contributed by atoms with van der Waals surface area (Å²) in [6.07, 6.45) is 5.96. The molecule has 2 atom stereocenters. The summed E-state index contributed by atoms with van der Waals surface area (Å²) >= 11 is 0. The van der Waals surface area contributed by atoms with Crippen LogP contribution >= 0.6 is 0 Å². The lowest BCUT2D eigenvalue weighted by atomic mass is 9.78. The van der Waals surface area contributed by atoms with Crippen LogP contribution in [-0.4, -0.2) is 45.6 Å². The van der Waals surface area contributed by atoms with Gasteiger partial charge in [0, 0.05) is 30.8 Å². The van der Waals surface area contributed by atoms with Gasteiger partial charge in [-0.15, -0.1) is 0 Å². The topological polar surface area (TPSA) is 74.2 Å². The maximum absolute atomic E-state index is 10.9. The molecule has 0 saturated heterocycles. The van der Waals surface area contributed by atoms with E-state index in [0.717, 1.165) is 29.4 Å². The first-order chi connectivity index (χ1) is 20.7. The van der Waals surface area contributed by atoms with Gasteiger partial charge in [0.25, 0.3) is 6.47 Å². The van der Waals surface area contributed by atoms with Gasteiger partial charge in [0.15, 0.2) is 0 Å². The molecule has 6 heteroatoms. The number of hydrogen-bond acceptors (Lipinski definition) is 6. The highest BCUT2D eigenvalue weighted by atomic mass is 16.5. The summed E-state index contributed by atoms with van der Waals surface area (Å²) in [5.41, 5.74) is 4.02. The highest BCUT2D eigenvalue weighted by Crippen LogP contribution is 2.40. The number of carbonyl (C=O) groups excluding carboxylic acids is 1. The van der Waals surface area contributed by atoms with E-state index in [2.05, 4.69) is 62.3 Å². The lowest BCUT2D eigenvalue weighted by Crippen LogP contribution is -2.21. The Bertz CT molecular complexity index is 1050. The summed E-state index contributed by atoms with van der Waals surface area (Å²) in [6.45, 7) is 25.0. The Hall–Kier alpha value is -3.09. The second-order valence-corrected chi connectivity index (χ2v) is 12.1. The van der Waals surface area contributed by atoms with Crippen LogP contribution in [-0.2, 0) is 19.7 Å². The lowest BCUT2D eigenvalue weighted by molar-refractivity contribution is -0.129. The number of allylic oxidation sites excluding steroid dienone is 2. The van der Waals surface area contributed by atoms with E-state index in [1.807, 2.05) is 84.0 Å². The van der Waals surface area contributed by atoms with Crippen LogP contribution in [0.25, 0.3) is 0 Å². The molecular formula is C38H62O6. The Kier molecular flexibility index (Phi) is 24.7. The fourth-order valence-corrected chi connectivity index (χ4v) is 4.03. The van der Waals surface area contributed by atoms with Crippen molar-refractivity contribution in [1.29, 1.82) is 0 Å². The zero-order valence-corrected chi connectivity index (χ0v) is 29.9. The summed E-state index contributed by atoms with van der Waals surface area (Å²) in [7, 11) is 3.32. The lowest BCUT2D eigenvalue weighted by Gasteiger charge is -2.29. The minimum absolute atomic E-state index is 0.152. The average Bonchev–Trinajstić information content (AvgIpc) is 2.97. The molecule has 250 valence electrons. The minimum atomic E-state index is -0.622. The number of ether oxygens (including phenoxy) is 4. The molecule has 2 aromatic rings. The predicted octanol–water partition coefficient (Wildman–Crippen LogP) is 9.44. The molecule has 0 fully saturated rings. The summed E-state index contributed by atoms with van der Waals surface area (Å²) < 4.78 is 20.5. The standard InChI is InChI=1S/C23H30O3.C8H14O2.C4H10.C3H8O/c1-6-7-15-26-21-14-13-19(22(25-5)17(21)2)20(24)16-23(3,4)18-11-9-8-10-12-18;1-7(2)4-8(3)5-10-6-9;1-4(2)3;1-3-4-2/h6-14,20,24H,15-16H2,1-5H3;4,6,8H,5H2,1-3H3;4H,1-3H3;3H2,1-2H3/b7-6-;;;. The summed E-state index contributed by atoms with van der Waals surface area (Å²) in [5.74, 6) is 2.63. The van der Waals surface area contributed by atoms with Crippen molar-refractivity contribution in [2.75, 3.05) is 34.0 Å². The predicted molar refractivity (Wildman–Crippen MR) is 186 cm³/mol. The van der Waals surface area contributed by atoms with Crippen LogP contribution < -0.4 is 9.47 Å². The molecule has 2 unspecified atom stereocenters. The molecule has 0 amide bonds. The molecule has 0 aliphatic rings. The fourth-order valence-electron chi connectivity index (χ4n) is 4.03. The summed E-state index contributed by atoms with van der Waals surface area (Å²) in [6, 6.07) is 14.1. The van der Waals surface area contributed by atoms with E-state index in [0.29, 0.717) is 37.8 Å². The maximum atomic E-state index is 10.9. The molecular weight excluding hydrogens is 552 g/mol. The van der Waals surface area contributed by atoms with E-state index in [9.17, 15) is 9.90 Å². The molecule has 0 aromatic heterocycles. The fraction of sp³-hybridized carbons (Fsp3) is 0.553.